The van der Waals surface area contributed by atoms with Gasteiger partial charge in [0.2, 0.25) is 0 Å². The molecule has 1 aromatic heterocycles. The Hall–Kier alpha value is -2.38. The summed E-state index contributed by atoms with van der Waals surface area (Å²) in [5, 5.41) is 2.24. The number of nitrogens with zero attached hydrogens (tertiary/aromatic N) is 2. The molecule has 112 valence electrons. The highest BCUT2D eigenvalue weighted by atomic mass is 16.5. The van der Waals surface area contributed by atoms with Crippen molar-refractivity contribution in [2.45, 2.75) is 13.5 Å². The highest BCUT2D eigenvalue weighted by Crippen LogP contribution is 2.23. The fraction of sp³-hybridized carbons (Fsp3) is 0.286. The van der Waals surface area contributed by atoms with Gasteiger partial charge < -0.3 is 9.72 Å². The average molecular weight is 289 g/mol. The van der Waals surface area contributed by atoms with Crippen LogP contribution in [0.1, 0.15) is 23.0 Å². The molecule has 1 aromatic carbocycles. The van der Waals surface area contributed by atoms with E-state index in [-0.39, 0.29) is 5.97 Å². The molecule has 4 N–H and O–H groups in total. The standard InChI is InChI=1S/C14H19N5O2/c1-3-21-14(20)13-11(8-16-9-17-19(2)15)10-6-4-5-7-12(10)18-13/h4-7,9,18H,3,8,15H2,1-2H3,(H,16,17). The molecule has 0 saturated carbocycles. The van der Waals surface area contributed by atoms with Crippen molar-refractivity contribution in [2.75, 3.05) is 13.7 Å². The minimum absolute atomic E-state index is 0.330. The fourth-order valence-corrected chi connectivity index (χ4v) is 2.01. The number of rotatable bonds is 6. The van der Waals surface area contributed by atoms with Gasteiger partial charge in [0.1, 0.15) is 5.69 Å². The van der Waals surface area contributed by atoms with E-state index >= 15 is 0 Å². The Kier molecular flexibility index (Phi) is 4.91. The number of carbonyl (C=O) groups is 1. The zero-order valence-electron chi connectivity index (χ0n) is 12.1. The van der Waals surface area contributed by atoms with Gasteiger partial charge in [-0.25, -0.2) is 4.79 Å². The molecule has 1 heterocycles. The van der Waals surface area contributed by atoms with Gasteiger partial charge in [-0.2, -0.15) is 5.12 Å². The van der Waals surface area contributed by atoms with Crippen LogP contribution in [0.4, 0.5) is 0 Å². The molecule has 2 rings (SSSR count). The first-order valence-electron chi connectivity index (χ1n) is 6.63. The predicted octanol–water partition coefficient (Wildman–Crippen LogP) is 1.18. The lowest BCUT2D eigenvalue weighted by Crippen LogP contribution is -2.39. The van der Waals surface area contributed by atoms with Crippen LogP contribution < -0.4 is 11.3 Å². The normalized spacial score (nSPS) is 11.4. The van der Waals surface area contributed by atoms with Crippen molar-refractivity contribution in [2.24, 2.45) is 10.8 Å². The summed E-state index contributed by atoms with van der Waals surface area (Å²) in [6.07, 6.45) is 1.48. The van der Waals surface area contributed by atoms with Crippen molar-refractivity contribution in [1.82, 2.24) is 15.5 Å². The molecule has 7 heteroatoms. The maximum absolute atomic E-state index is 12.0. The van der Waals surface area contributed by atoms with Gasteiger partial charge in [-0.05, 0) is 13.0 Å². The van der Waals surface area contributed by atoms with Gasteiger partial charge in [0.25, 0.3) is 0 Å². The van der Waals surface area contributed by atoms with Crippen molar-refractivity contribution in [3.8, 4) is 0 Å². The van der Waals surface area contributed by atoms with Crippen LogP contribution in [-0.2, 0) is 11.3 Å². The molecule has 0 unspecified atom stereocenters. The predicted molar refractivity (Wildman–Crippen MR) is 81.5 cm³/mol. The van der Waals surface area contributed by atoms with Gasteiger partial charge in [-0.1, -0.05) is 18.2 Å². The smallest absolute Gasteiger partial charge is 0.355 e. The number of nitrogens with two attached hydrogens (primary N) is 1. The van der Waals surface area contributed by atoms with Gasteiger partial charge >= 0.3 is 5.97 Å². The Morgan fingerprint density at radius 2 is 2.29 bits per heavy atom. The minimum atomic E-state index is -0.372. The third-order valence-electron chi connectivity index (χ3n) is 2.90. The van der Waals surface area contributed by atoms with E-state index in [2.05, 4.69) is 15.4 Å². The van der Waals surface area contributed by atoms with E-state index in [0.717, 1.165) is 16.5 Å². The number of para-hydroxylation sites is 1. The lowest BCUT2D eigenvalue weighted by molar-refractivity contribution is 0.0519. The Labute approximate surface area is 122 Å². The Morgan fingerprint density at radius 3 is 3.00 bits per heavy atom. The van der Waals surface area contributed by atoms with E-state index in [1.807, 2.05) is 24.3 Å². The topological polar surface area (TPSA) is 95.7 Å². The molecule has 2 aromatic rings. The number of aromatic amines is 1. The zero-order chi connectivity index (χ0) is 15.2. The minimum Gasteiger partial charge on any atom is -0.461 e. The average Bonchev–Trinajstić information content (AvgIpc) is 2.82. The summed E-state index contributed by atoms with van der Waals surface area (Å²) in [6.45, 7) is 2.45. The molecule has 0 bridgehead atoms. The number of hydrogen-bond acceptors (Lipinski definition) is 5. The first-order chi connectivity index (χ1) is 10.1. The van der Waals surface area contributed by atoms with Gasteiger partial charge in [-0.15, -0.1) is 0 Å². The number of ether oxygens (including phenoxy) is 1. The molecule has 0 aliphatic heterocycles. The van der Waals surface area contributed by atoms with Crippen molar-refractivity contribution >= 4 is 23.2 Å². The molecular formula is C14H19N5O2. The summed E-state index contributed by atoms with van der Waals surface area (Å²) in [6, 6.07) is 7.69. The summed E-state index contributed by atoms with van der Waals surface area (Å²) in [7, 11) is 1.65. The summed E-state index contributed by atoms with van der Waals surface area (Å²) in [4.78, 5) is 19.3. The summed E-state index contributed by atoms with van der Waals surface area (Å²) in [5.41, 5.74) is 4.86. The molecule has 0 aliphatic rings. The van der Waals surface area contributed by atoms with Gasteiger partial charge in [0, 0.05) is 23.5 Å². The molecule has 0 fully saturated rings. The Morgan fingerprint density at radius 1 is 1.52 bits per heavy atom. The maximum Gasteiger partial charge on any atom is 0.355 e. The quantitative estimate of drug-likeness (QED) is 0.244. The van der Waals surface area contributed by atoms with Crippen LogP contribution in [0.25, 0.3) is 10.9 Å². The second-order valence-corrected chi connectivity index (χ2v) is 4.45. The second-order valence-electron chi connectivity index (χ2n) is 4.45. The number of benzene rings is 1. The van der Waals surface area contributed by atoms with Crippen LogP contribution in [0.15, 0.2) is 29.3 Å². The molecule has 21 heavy (non-hydrogen) atoms. The highest BCUT2D eigenvalue weighted by molar-refractivity contribution is 5.98. The molecule has 0 radical (unpaired) electrons. The summed E-state index contributed by atoms with van der Waals surface area (Å²) >= 11 is 0. The van der Waals surface area contributed by atoms with E-state index in [9.17, 15) is 4.79 Å². The lowest BCUT2D eigenvalue weighted by Gasteiger charge is -2.07. The van der Waals surface area contributed by atoms with Gasteiger partial charge in [0.05, 0.1) is 19.5 Å². The van der Waals surface area contributed by atoms with Crippen LogP contribution in [0, 0.1) is 0 Å². The third-order valence-corrected chi connectivity index (χ3v) is 2.90. The van der Waals surface area contributed by atoms with Crippen LogP contribution in [0.2, 0.25) is 0 Å². The second kappa shape index (κ2) is 6.87. The van der Waals surface area contributed by atoms with Crippen molar-refractivity contribution in [1.29, 1.82) is 0 Å². The van der Waals surface area contributed by atoms with Gasteiger partial charge in [-0.3, -0.25) is 16.3 Å². The van der Waals surface area contributed by atoms with E-state index in [1.54, 1.807) is 14.0 Å². The van der Waals surface area contributed by atoms with E-state index in [1.165, 1.54) is 11.5 Å². The number of fused-ring (bicyclic) bond motifs is 1. The number of hydrogen-bond donors (Lipinski definition) is 3. The number of hydrazine groups is 2. The summed E-state index contributed by atoms with van der Waals surface area (Å²) in [5.74, 6) is 5.04. The number of nitrogens with one attached hydrogen (secondary N) is 2. The maximum atomic E-state index is 12.0. The molecule has 0 atom stereocenters. The molecular weight excluding hydrogens is 270 g/mol. The van der Waals surface area contributed by atoms with Crippen LogP contribution >= 0.6 is 0 Å². The van der Waals surface area contributed by atoms with Gasteiger partial charge in [0.15, 0.2) is 0 Å². The first-order valence-corrected chi connectivity index (χ1v) is 6.63. The summed E-state index contributed by atoms with van der Waals surface area (Å²) < 4.78 is 5.08. The lowest BCUT2D eigenvalue weighted by atomic mass is 10.1. The molecule has 7 nitrogen and oxygen atoms in total. The van der Waals surface area contributed by atoms with Crippen LogP contribution in [0.5, 0.6) is 0 Å². The molecule has 0 spiro atoms. The Bertz CT molecular complexity index is 648. The molecule has 0 saturated heterocycles. The molecule has 0 amide bonds. The number of aliphatic imine (C=N–C) groups is 1. The van der Waals surface area contributed by atoms with E-state index in [0.29, 0.717) is 18.8 Å². The SMILES string of the molecule is CCOC(=O)c1[nH]c2ccccc2c1CN=CNN(C)N. The van der Waals surface area contributed by atoms with E-state index < -0.39 is 0 Å². The largest absolute Gasteiger partial charge is 0.461 e. The zero-order valence-corrected chi connectivity index (χ0v) is 12.1. The fourth-order valence-electron chi connectivity index (χ4n) is 2.01. The number of H-pyrrole nitrogens is 1. The van der Waals surface area contributed by atoms with Crippen LogP contribution in [0.3, 0.4) is 0 Å². The van der Waals surface area contributed by atoms with Crippen molar-refractivity contribution in [3.05, 3.63) is 35.5 Å². The highest BCUT2D eigenvalue weighted by Gasteiger charge is 2.17. The molecule has 0 aliphatic carbocycles. The number of aromatic nitrogens is 1. The first kappa shape index (κ1) is 15.0. The third kappa shape index (κ3) is 3.59. The number of carbonyl (C=O) groups excluding carboxylic acids is 1. The van der Waals surface area contributed by atoms with Crippen LogP contribution in [-0.4, -0.2) is 36.1 Å². The number of esters is 1. The van der Waals surface area contributed by atoms with E-state index in [4.69, 9.17) is 10.6 Å². The monoisotopic (exact) mass is 289 g/mol. The van der Waals surface area contributed by atoms with Crippen molar-refractivity contribution in [3.63, 3.8) is 0 Å². The Balaban J connectivity index is 2.31. The van der Waals surface area contributed by atoms with Crippen molar-refractivity contribution < 1.29 is 9.53 Å².